The standard InChI is InChI=1S/C14H18O/c1-2-3-4-5-9-12-14(15)13-10-7-6-8-11-13/h1,6-8,10-11,14-15H,3-5,9,12H2. The first-order chi connectivity index (χ1) is 7.34. The normalized spacial score (nSPS) is 12.0. The number of terminal acetylenes is 1. The molecule has 0 aliphatic carbocycles. The zero-order chi connectivity index (χ0) is 10.9. The SMILES string of the molecule is C#CCCCCCC(O)c1ccccc1. The highest BCUT2D eigenvalue weighted by atomic mass is 16.3. The van der Waals surface area contributed by atoms with Gasteiger partial charge in [-0.15, -0.1) is 12.3 Å². The smallest absolute Gasteiger partial charge is 0.0790 e. The van der Waals surface area contributed by atoms with Gasteiger partial charge in [-0.25, -0.2) is 0 Å². The van der Waals surface area contributed by atoms with Crippen molar-refractivity contribution in [3.63, 3.8) is 0 Å². The van der Waals surface area contributed by atoms with Gasteiger partial charge in [0.15, 0.2) is 0 Å². The summed E-state index contributed by atoms with van der Waals surface area (Å²) >= 11 is 0. The Morgan fingerprint density at radius 3 is 2.53 bits per heavy atom. The van der Waals surface area contributed by atoms with Gasteiger partial charge in [0.1, 0.15) is 0 Å². The van der Waals surface area contributed by atoms with E-state index in [1.165, 1.54) is 0 Å². The summed E-state index contributed by atoms with van der Waals surface area (Å²) in [6.07, 6.45) is 9.73. The first-order valence-corrected chi connectivity index (χ1v) is 5.51. The van der Waals surface area contributed by atoms with Gasteiger partial charge < -0.3 is 5.11 Å². The molecule has 0 bridgehead atoms. The van der Waals surface area contributed by atoms with Crippen LogP contribution in [0.2, 0.25) is 0 Å². The monoisotopic (exact) mass is 202 g/mol. The Hall–Kier alpha value is -1.26. The maximum atomic E-state index is 9.84. The Kier molecular flexibility index (Phi) is 5.58. The molecule has 1 nitrogen and oxygen atoms in total. The van der Waals surface area contributed by atoms with Crippen LogP contribution in [0.25, 0.3) is 0 Å². The fourth-order valence-electron chi connectivity index (χ4n) is 1.58. The van der Waals surface area contributed by atoms with Gasteiger partial charge in [-0.1, -0.05) is 43.2 Å². The largest absolute Gasteiger partial charge is 0.388 e. The summed E-state index contributed by atoms with van der Waals surface area (Å²) < 4.78 is 0. The maximum absolute atomic E-state index is 9.84. The van der Waals surface area contributed by atoms with Gasteiger partial charge in [0.2, 0.25) is 0 Å². The lowest BCUT2D eigenvalue weighted by Crippen LogP contribution is -1.96. The molecule has 0 aliphatic heterocycles. The van der Waals surface area contributed by atoms with Gasteiger partial charge in [-0.05, 0) is 18.4 Å². The summed E-state index contributed by atoms with van der Waals surface area (Å²) in [5.74, 6) is 2.63. The zero-order valence-corrected chi connectivity index (χ0v) is 9.02. The van der Waals surface area contributed by atoms with Gasteiger partial charge in [0.05, 0.1) is 6.10 Å². The number of unbranched alkanes of at least 4 members (excludes halogenated alkanes) is 3. The Morgan fingerprint density at radius 2 is 1.87 bits per heavy atom. The van der Waals surface area contributed by atoms with Crippen LogP contribution < -0.4 is 0 Å². The number of hydrogen-bond donors (Lipinski definition) is 1. The Bertz CT molecular complexity index is 297. The molecule has 1 aromatic rings. The van der Waals surface area contributed by atoms with Crippen LogP contribution in [0.5, 0.6) is 0 Å². The van der Waals surface area contributed by atoms with Gasteiger partial charge in [-0.3, -0.25) is 0 Å². The van der Waals surface area contributed by atoms with E-state index in [1.807, 2.05) is 30.3 Å². The van der Waals surface area contributed by atoms with E-state index in [9.17, 15) is 5.11 Å². The van der Waals surface area contributed by atoms with Crippen LogP contribution >= 0.6 is 0 Å². The predicted octanol–water partition coefficient (Wildman–Crippen LogP) is 3.30. The van der Waals surface area contributed by atoms with Crippen molar-refractivity contribution < 1.29 is 5.11 Å². The predicted molar refractivity (Wildman–Crippen MR) is 63.3 cm³/mol. The van der Waals surface area contributed by atoms with Gasteiger partial charge >= 0.3 is 0 Å². The van der Waals surface area contributed by atoms with E-state index in [0.717, 1.165) is 37.7 Å². The third-order valence-electron chi connectivity index (χ3n) is 2.48. The van der Waals surface area contributed by atoms with Crippen molar-refractivity contribution in [2.75, 3.05) is 0 Å². The second kappa shape index (κ2) is 7.09. The average molecular weight is 202 g/mol. The molecule has 0 saturated heterocycles. The first-order valence-electron chi connectivity index (χ1n) is 5.51. The van der Waals surface area contributed by atoms with Gasteiger partial charge in [0, 0.05) is 6.42 Å². The molecule has 1 unspecified atom stereocenters. The minimum absolute atomic E-state index is 0.322. The molecule has 80 valence electrons. The van der Waals surface area contributed by atoms with E-state index < -0.39 is 0 Å². The van der Waals surface area contributed by atoms with E-state index in [2.05, 4.69) is 5.92 Å². The van der Waals surface area contributed by atoms with Crippen LogP contribution in [0.3, 0.4) is 0 Å². The van der Waals surface area contributed by atoms with Crippen molar-refractivity contribution in [3.8, 4) is 12.3 Å². The molecule has 1 heteroatoms. The molecule has 0 aromatic heterocycles. The second-order valence-corrected chi connectivity index (χ2v) is 3.73. The average Bonchev–Trinajstić information content (AvgIpc) is 2.30. The molecule has 0 heterocycles. The van der Waals surface area contributed by atoms with Crippen molar-refractivity contribution >= 4 is 0 Å². The molecule has 0 spiro atoms. The molecule has 1 atom stereocenters. The van der Waals surface area contributed by atoms with Gasteiger partial charge in [0.25, 0.3) is 0 Å². The van der Waals surface area contributed by atoms with Crippen LogP contribution in [0, 0.1) is 12.3 Å². The van der Waals surface area contributed by atoms with E-state index in [0.29, 0.717) is 0 Å². The number of hydrogen-bond acceptors (Lipinski definition) is 1. The Labute approximate surface area is 92.1 Å². The van der Waals surface area contributed by atoms with Crippen LogP contribution in [0.15, 0.2) is 30.3 Å². The lowest BCUT2D eigenvalue weighted by atomic mass is 10.0. The molecule has 0 aliphatic rings. The molecule has 0 amide bonds. The molecular weight excluding hydrogens is 184 g/mol. The van der Waals surface area contributed by atoms with Crippen molar-refractivity contribution in [2.24, 2.45) is 0 Å². The number of benzene rings is 1. The fraction of sp³-hybridized carbons (Fsp3) is 0.429. The summed E-state index contributed by atoms with van der Waals surface area (Å²) in [5, 5.41) is 9.84. The zero-order valence-electron chi connectivity index (χ0n) is 9.02. The van der Waals surface area contributed by atoms with E-state index >= 15 is 0 Å². The highest BCUT2D eigenvalue weighted by Crippen LogP contribution is 2.19. The number of aliphatic hydroxyl groups excluding tert-OH is 1. The fourth-order valence-corrected chi connectivity index (χ4v) is 1.58. The molecule has 0 saturated carbocycles. The summed E-state index contributed by atoms with van der Waals surface area (Å²) in [6, 6.07) is 9.80. The molecule has 0 fully saturated rings. The minimum atomic E-state index is -0.322. The van der Waals surface area contributed by atoms with Crippen LogP contribution in [-0.2, 0) is 0 Å². The highest BCUT2D eigenvalue weighted by Gasteiger charge is 2.05. The molecule has 0 radical (unpaired) electrons. The van der Waals surface area contributed by atoms with E-state index in [4.69, 9.17) is 6.42 Å². The summed E-state index contributed by atoms with van der Waals surface area (Å²) in [6.45, 7) is 0. The lowest BCUT2D eigenvalue weighted by Gasteiger charge is -2.09. The Morgan fingerprint density at radius 1 is 1.13 bits per heavy atom. The molecular formula is C14H18O. The number of rotatable bonds is 6. The number of aliphatic hydroxyl groups is 1. The highest BCUT2D eigenvalue weighted by molar-refractivity contribution is 5.16. The van der Waals surface area contributed by atoms with Crippen LogP contribution in [0.1, 0.15) is 43.8 Å². The molecule has 1 N–H and O–H groups in total. The van der Waals surface area contributed by atoms with Gasteiger partial charge in [-0.2, -0.15) is 0 Å². The van der Waals surface area contributed by atoms with Crippen molar-refractivity contribution in [3.05, 3.63) is 35.9 Å². The quantitative estimate of drug-likeness (QED) is 0.554. The second-order valence-electron chi connectivity index (χ2n) is 3.73. The third kappa shape index (κ3) is 4.67. The Balaban J connectivity index is 2.20. The van der Waals surface area contributed by atoms with E-state index in [-0.39, 0.29) is 6.10 Å². The van der Waals surface area contributed by atoms with Crippen molar-refractivity contribution in [2.45, 2.75) is 38.2 Å². The first kappa shape index (κ1) is 11.8. The summed E-state index contributed by atoms with van der Waals surface area (Å²) in [5.41, 5.74) is 1.01. The van der Waals surface area contributed by atoms with E-state index in [1.54, 1.807) is 0 Å². The molecule has 15 heavy (non-hydrogen) atoms. The third-order valence-corrected chi connectivity index (χ3v) is 2.48. The van der Waals surface area contributed by atoms with Crippen LogP contribution in [0.4, 0.5) is 0 Å². The van der Waals surface area contributed by atoms with Crippen molar-refractivity contribution in [1.82, 2.24) is 0 Å². The minimum Gasteiger partial charge on any atom is -0.388 e. The lowest BCUT2D eigenvalue weighted by molar-refractivity contribution is 0.163. The van der Waals surface area contributed by atoms with Crippen molar-refractivity contribution in [1.29, 1.82) is 0 Å². The molecule has 1 aromatic carbocycles. The maximum Gasteiger partial charge on any atom is 0.0790 e. The topological polar surface area (TPSA) is 20.2 Å². The summed E-state index contributed by atoms with van der Waals surface area (Å²) in [4.78, 5) is 0. The summed E-state index contributed by atoms with van der Waals surface area (Å²) in [7, 11) is 0. The van der Waals surface area contributed by atoms with Crippen LogP contribution in [-0.4, -0.2) is 5.11 Å². The molecule has 1 rings (SSSR count).